The number of benzene rings is 2. The van der Waals surface area contributed by atoms with Gasteiger partial charge in [-0.3, -0.25) is 9.69 Å². The number of likely N-dealkylation sites (tertiary alicyclic amines) is 1. The third-order valence-corrected chi connectivity index (χ3v) is 6.30. The lowest BCUT2D eigenvalue weighted by atomic mass is 9.90. The molecule has 2 heterocycles. The first kappa shape index (κ1) is 20.6. The molecule has 4 rings (SSSR count). The zero-order valence-corrected chi connectivity index (χ0v) is 17.2. The summed E-state index contributed by atoms with van der Waals surface area (Å²) in [5.41, 5.74) is 1.36. The fraction of sp³-hybridized carbons (Fsp3) is 0.304. The summed E-state index contributed by atoms with van der Waals surface area (Å²) in [6.07, 6.45) is 3.69. The number of carbonyl (C=O) groups is 1. The van der Waals surface area contributed by atoms with Crippen LogP contribution in [-0.4, -0.2) is 28.9 Å². The summed E-state index contributed by atoms with van der Waals surface area (Å²) in [5, 5.41) is 5.98. The zero-order chi connectivity index (χ0) is 20.9. The van der Waals surface area contributed by atoms with Gasteiger partial charge in [0.2, 0.25) is 0 Å². The molecule has 0 radical (unpaired) electrons. The Hall–Kier alpha value is -2.64. The second-order valence-electron chi connectivity index (χ2n) is 7.57. The number of thiazole rings is 1. The highest BCUT2D eigenvalue weighted by molar-refractivity contribution is 7.09. The minimum Gasteiger partial charge on any atom is -0.342 e. The molecule has 0 spiro atoms. The Bertz CT molecular complexity index is 981. The van der Waals surface area contributed by atoms with Gasteiger partial charge in [-0.25, -0.2) is 13.8 Å². The Balaban J connectivity index is 1.49. The average molecular weight is 428 g/mol. The van der Waals surface area contributed by atoms with Gasteiger partial charge in [0, 0.05) is 30.2 Å². The second-order valence-corrected chi connectivity index (χ2v) is 8.50. The van der Waals surface area contributed by atoms with Gasteiger partial charge in [-0.2, -0.15) is 0 Å². The first-order valence-corrected chi connectivity index (χ1v) is 10.9. The van der Waals surface area contributed by atoms with E-state index in [2.05, 4.69) is 15.2 Å². The van der Waals surface area contributed by atoms with Crippen LogP contribution in [0.1, 0.15) is 39.8 Å². The number of halogens is 2. The predicted molar refractivity (Wildman–Crippen MR) is 113 cm³/mol. The smallest absolute Gasteiger partial charge is 0.251 e. The molecule has 1 aliphatic rings. The Labute approximate surface area is 178 Å². The highest BCUT2D eigenvalue weighted by Crippen LogP contribution is 2.32. The number of amides is 1. The van der Waals surface area contributed by atoms with Crippen LogP contribution in [0.25, 0.3) is 0 Å². The van der Waals surface area contributed by atoms with Crippen molar-refractivity contribution in [3.05, 3.63) is 87.9 Å². The number of carbonyl (C=O) groups excluding carboxylic acids is 1. The molecule has 1 amide bonds. The van der Waals surface area contributed by atoms with Crippen LogP contribution in [0.4, 0.5) is 8.78 Å². The molecule has 1 saturated heterocycles. The van der Waals surface area contributed by atoms with Gasteiger partial charge < -0.3 is 5.32 Å². The summed E-state index contributed by atoms with van der Waals surface area (Å²) in [6, 6.07) is 13.0. The van der Waals surface area contributed by atoms with Crippen LogP contribution in [0.15, 0.2) is 60.1 Å². The van der Waals surface area contributed by atoms with E-state index < -0.39 is 11.6 Å². The maximum Gasteiger partial charge on any atom is 0.251 e. The minimum absolute atomic E-state index is 0.117. The summed E-state index contributed by atoms with van der Waals surface area (Å²) in [5.74, 6) is -1.59. The number of nitrogens with zero attached hydrogens (tertiary/aromatic N) is 2. The average Bonchev–Trinajstić information content (AvgIpc) is 3.30. The predicted octanol–water partition coefficient (Wildman–Crippen LogP) is 4.80. The summed E-state index contributed by atoms with van der Waals surface area (Å²) in [4.78, 5) is 19.5. The van der Waals surface area contributed by atoms with E-state index in [9.17, 15) is 13.6 Å². The van der Waals surface area contributed by atoms with Crippen molar-refractivity contribution in [2.45, 2.75) is 25.4 Å². The maximum atomic E-state index is 13.6. The van der Waals surface area contributed by atoms with E-state index in [1.54, 1.807) is 24.4 Å². The van der Waals surface area contributed by atoms with Crippen molar-refractivity contribution in [1.82, 2.24) is 15.2 Å². The molecule has 0 unspecified atom stereocenters. The molecular formula is C23H23F2N3OS. The van der Waals surface area contributed by atoms with Crippen molar-refractivity contribution in [3.8, 4) is 0 Å². The summed E-state index contributed by atoms with van der Waals surface area (Å²) < 4.78 is 26.8. The Kier molecular flexibility index (Phi) is 6.50. The van der Waals surface area contributed by atoms with Gasteiger partial charge in [-0.15, -0.1) is 11.3 Å². The standard InChI is InChI=1S/C23H23F2N3OS/c24-19-9-8-16(13-20(19)25)14-28-11-4-7-18(15-28)21(23-26-10-12-30-23)27-22(29)17-5-2-1-3-6-17/h1-3,5-6,8-10,12-13,18,21H,4,7,11,14-15H2,(H,27,29)/t18-,21+/m1/s1. The summed E-state index contributed by atoms with van der Waals surface area (Å²) in [6.45, 7) is 2.18. The Morgan fingerprint density at radius 1 is 1.20 bits per heavy atom. The molecule has 30 heavy (non-hydrogen) atoms. The van der Waals surface area contributed by atoms with Crippen molar-refractivity contribution in [2.24, 2.45) is 5.92 Å². The monoisotopic (exact) mass is 427 g/mol. The van der Waals surface area contributed by atoms with Gasteiger partial charge in [0.1, 0.15) is 5.01 Å². The van der Waals surface area contributed by atoms with Gasteiger partial charge in [0.25, 0.3) is 5.91 Å². The van der Waals surface area contributed by atoms with Crippen molar-refractivity contribution in [2.75, 3.05) is 13.1 Å². The van der Waals surface area contributed by atoms with E-state index in [0.717, 1.165) is 36.5 Å². The molecule has 4 nitrogen and oxygen atoms in total. The van der Waals surface area contributed by atoms with Crippen LogP contribution in [0.2, 0.25) is 0 Å². The third-order valence-electron chi connectivity index (χ3n) is 5.44. The molecule has 1 aromatic heterocycles. The quantitative estimate of drug-likeness (QED) is 0.614. The van der Waals surface area contributed by atoms with Crippen LogP contribution in [0, 0.1) is 17.6 Å². The van der Waals surface area contributed by atoms with E-state index in [-0.39, 0.29) is 17.9 Å². The number of nitrogens with one attached hydrogen (secondary N) is 1. The minimum atomic E-state index is -0.831. The summed E-state index contributed by atoms with van der Waals surface area (Å²) >= 11 is 1.54. The molecule has 7 heteroatoms. The zero-order valence-electron chi connectivity index (χ0n) is 16.4. The van der Waals surface area contributed by atoms with Gasteiger partial charge in [-0.05, 0) is 55.1 Å². The molecule has 1 aliphatic heterocycles. The summed E-state index contributed by atoms with van der Waals surface area (Å²) in [7, 11) is 0. The van der Waals surface area contributed by atoms with Crippen molar-refractivity contribution >= 4 is 17.2 Å². The van der Waals surface area contributed by atoms with E-state index in [1.807, 2.05) is 23.6 Å². The fourth-order valence-electron chi connectivity index (χ4n) is 3.99. The number of piperidine rings is 1. The molecule has 0 saturated carbocycles. The van der Waals surface area contributed by atoms with Crippen molar-refractivity contribution in [3.63, 3.8) is 0 Å². The first-order valence-electron chi connectivity index (χ1n) is 10.0. The van der Waals surface area contributed by atoms with Gasteiger partial charge >= 0.3 is 0 Å². The molecule has 0 bridgehead atoms. The molecular weight excluding hydrogens is 404 g/mol. The fourth-order valence-corrected chi connectivity index (χ4v) is 4.77. The van der Waals surface area contributed by atoms with Crippen molar-refractivity contribution < 1.29 is 13.6 Å². The van der Waals surface area contributed by atoms with E-state index >= 15 is 0 Å². The third kappa shape index (κ3) is 4.91. The highest BCUT2D eigenvalue weighted by atomic mass is 32.1. The lowest BCUT2D eigenvalue weighted by Crippen LogP contribution is -2.42. The molecule has 1 N–H and O–H groups in total. The lowest BCUT2D eigenvalue weighted by Gasteiger charge is -2.36. The van der Waals surface area contributed by atoms with Crippen LogP contribution in [0.3, 0.4) is 0 Å². The van der Waals surface area contributed by atoms with Crippen molar-refractivity contribution in [1.29, 1.82) is 0 Å². The molecule has 3 aromatic rings. The number of hydrogen-bond donors (Lipinski definition) is 1. The van der Waals surface area contributed by atoms with Crippen LogP contribution in [0.5, 0.6) is 0 Å². The molecule has 0 aliphatic carbocycles. The van der Waals surface area contributed by atoms with E-state index in [0.29, 0.717) is 12.1 Å². The normalized spacial score (nSPS) is 18.1. The van der Waals surface area contributed by atoms with Gasteiger partial charge in [0.15, 0.2) is 11.6 Å². The number of rotatable bonds is 6. The highest BCUT2D eigenvalue weighted by Gasteiger charge is 2.31. The van der Waals surface area contributed by atoms with Gasteiger partial charge in [0.05, 0.1) is 6.04 Å². The molecule has 2 aromatic carbocycles. The second kappa shape index (κ2) is 9.45. The number of aromatic nitrogens is 1. The first-order chi connectivity index (χ1) is 14.6. The largest absolute Gasteiger partial charge is 0.342 e. The lowest BCUT2D eigenvalue weighted by molar-refractivity contribution is 0.0877. The molecule has 1 fully saturated rings. The SMILES string of the molecule is O=C(N[C@H](c1nccs1)[C@@H]1CCCN(Cc2ccc(F)c(F)c2)C1)c1ccccc1. The van der Waals surface area contributed by atoms with Crippen LogP contribution in [-0.2, 0) is 6.54 Å². The topological polar surface area (TPSA) is 45.2 Å². The van der Waals surface area contributed by atoms with E-state index in [4.69, 9.17) is 0 Å². The number of hydrogen-bond acceptors (Lipinski definition) is 4. The molecule has 156 valence electrons. The van der Waals surface area contributed by atoms with E-state index in [1.165, 1.54) is 23.5 Å². The van der Waals surface area contributed by atoms with Crippen LogP contribution < -0.4 is 5.32 Å². The Morgan fingerprint density at radius 3 is 2.77 bits per heavy atom. The Morgan fingerprint density at radius 2 is 2.03 bits per heavy atom. The maximum absolute atomic E-state index is 13.6. The van der Waals surface area contributed by atoms with Gasteiger partial charge in [-0.1, -0.05) is 24.3 Å². The molecule has 2 atom stereocenters. The van der Waals surface area contributed by atoms with Crippen LogP contribution >= 0.6 is 11.3 Å².